The molecule has 5 aromatic rings. The average molecular weight is 541 g/mol. The molecular formula is C27H24N8O3S. The number of rotatable bonds is 9. The van der Waals surface area contributed by atoms with E-state index in [2.05, 4.69) is 41.2 Å². The summed E-state index contributed by atoms with van der Waals surface area (Å²) in [6.07, 6.45) is 0. The number of carbonyl (C=O) groups excluding carboxylic acids is 1. The Morgan fingerprint density at radius 1 is 0.667 bits per heavy atom. The van der Waals surface area contributed by atoms with E-state index in [9.17, 15) is 4.79 Å². The minimum Gasteiger partial charge on any atom is -0.497 e. The fourth-order valence-electron chi connectivity index (χ4n) is 3.45. The molecule has 11 nitrogen and oxygen atoms in total. The first-order chi connectivity index (χ1) is 19.1. The lowest BCUT2D eigenvalue weighted by molar-refractivity contribution is 0.262. The Kier molecular flexibility index (Phi) is 7.74. The molecule has 0 bridgehead atoms. The van der Waals surface area contributed by atoms with E-state index in [0.29, 0.717) is 22.3 Å². The standard InChI is InChI=1S/C27H24N8O3S/c1-37-20-12-8-18(9-13-20)28-23-31-24(34-26(36)29-19-10-14-21(38-2)15-11-19)33-25(32-23)35-27-30-22(16-39-27)17-6-4-3-5-7-17/h3-16H,1-2H3,(H4,28,29,30,31,32,33,34,35,36). The van der Waals surface area contributed by atoms with Crippen LogP contribution < -0.4 is 30.7 Å². The monoisotopic (exact) mass is 540 g/mol. The van der Waals surface area contributed by atoms with Gasteiger partial charge in [0.15, 0.2) is 5.13 Å². The van der Waals surface area contributed by atoms with E-state index in [1.54, 1.807) is 38.5 Å². The van der Waals surface area contributed by atoms with Gasteiger partial charge < -0.3 is 20.1 Å². The highest BCUT2D eigenvalue weighted by molar-refractivity contribution is 7.14. The van der Waals surface area contributed by atoms with Crippen LogP contribution in [-0.2, 0) is 0 Å². The number of anilines is 6. The van der Waals surface area contributed by atoms with E-state index in [4.69, 9.17) is 9.47 Å². The molecule has 0 saturated carbocycles. The Morgan fingerprint density at radius 3 is 1.90 bits per heavy atom. The van der Waals surface area contributed by atoms with Crippen molar-refractivity contribution in [2.75, 3.05) is 35.5 Å². The molecule has 2 amide bonds. The van der Waals surface area contributed by atoms with Crippen LogP contribution in [0.2, 0.25) is 0 Å². The Morgan fingerprint density at radius 2 is 1.26 bits per heavy atom. The van der Waals surface area contributed by atoms with Crippen LogP contribution >= 0.6 is 11.3 Å². The molecule has 0 atom stereocenters. The molecule has 39 heavy (non-hydrogen) atoms. The van der Waals surface area contributed by atoms with E-state index < -0.39 is 6.03 Å². The second-order valence-electron chi connectivity index (χ2n) is 8.00. The Balaban J connectivity index is 1.37. The molecule has 5 rings (SSSR count). The van der Waals surface area contributed by atoms with Gasteiger partial charge in [-0.15, -0.1) is 11.3 Å². The van der Waals surface area contributed by atoms with Crippen LogP contribution in [0.5, 0.6) is 11.5 Å². The van der Waals surface area contributed by atoms with Gasteiger partial charge in [0.1, 0.15) is 11.5 Å². The topological polar surface area (TPSA) is 135 Å². The number of aromatic nitrogens is 4. The maximum Gasteiger partial charge on any atom is 0.326 e. The lowest BCUT2D eigenvalue weighted by Crippen LogP contribution is -2.21. The number of nitrogens with one attached hydrogen (secondary N) is 4. The third kappa shape index (κ3) is 6.76. The predicted octanol–water partition coefficient (Wildman–Crippen LogP) is 6.14. The first-order valence-electron chi connectivity index (χ1n) is 11.7. The Hall–Kier alpha value is -5.23. The Bertz CT molecular complexity index is 1540. The van der Waals surface area contributed by atoms with Crippen molar-refractivity contribution < 1.29 is 14.3 Å². The van der Waals surface area contributed by atoms with Gasteiger partial charge in [-0.1, -0.05) is 30.3 Å². The van der Waals surface area contributed by atoms with Crippen molar-refractivity contribution in [1.29, 1.82) is 0 Å². The first kappa shape index (κ1) is 25.4. The van der Waals surface area contributed by atoms with Gasteiger partial charge in [0, 0.05) is 22.3 Å². The van der Waals surface area contributed by atoms with Gasteiger partial charge >= 0.3 is 6.03 Å². The number of benzene rings is 3. The minimum atomic E-state index is -0.520. The van der Waals surface area contributed by atoms with Crippen molar-refractivity contribution in [3.05, 3.63) is 84.2 Å². The molecule has 0 aliphatic rings. The van der Waals surface area contributed by atoms with Crippen molar-refractivity contribution >= 4 is 51.7 Å². The zero-order valence-corrected chi connectivity index (χ0v) is 21.8. The first-order valence-corrected chi connectivity index (χ1v) is 12.6. The summed E-state index contributed by atoms with van der Waals surface area (Å²) in [4.78, 5) is 30.5. The molecule has 0 aliphatic carbocycles. The number of carbonyl (C=O) groups is 1. The number of thiazole rings is 1. The average Bonchev–Trinajstić information content (AvgIpc) is 3.42. The Labute approximate surface area is 228 Å². The molecule has 2 aromatic heterocycles. The van der Waals surface area contributed by atoms with Crippen LogP contribution in [-0.4, -0.2) is 40.2 Å². The summed E-state index contributed by atoms with van der Waals surface area (Å²) in [6, 6.07) is 23.5. The van der Waals surface area contributed by atoms with Crippen molar-refractivity contribution in [2.24, 2.45) is 0 Å². The smallest absolute Gasteiger partial charge is 0.326 e. The molecule has 12 heteroatoms. The number of nitrogens with zero attached hydrogens (tertiary/aromatic N) is 4. The zero-order valence-electron chi connectivity index (χ0n) is 21.0. The fraction of sp³-hybridized carbons (Fsp3) is 0.0741. The summed E-state index contributed by atoms with van der Waals surface area (Å²) in [5.41, 5.74) is 3.12. The molecule has 0 saturated heterocycles. The van der Waals surface area contributed by atoms with Gasteiger partial charge in [0.25, 0.3) is 0 Å². The van der Waals surface area contributed by atoms with E-state index >= 15 is 0 Å². The molecule has 0 unspecified atom stereocenters. The van der Waals surface area contributed by atoms with Gasteiger partial charge in [0.2, 0.25) is 17.8 Å². The van der Waals surface area contributed by atoms with E-state index in [1.807, 2.05) is 60.0 Å². The SMILES string of the molecule is COc1ccc(NC(=O)Nc2nc(Nc3ccc(OC)cc3)nc(Nc3nc(-c4ccccc4)cs3)n2)cc1. The lowest BCUT2D eigenvalue weighted by Gasteiger charge is -2.11. The summed E-state index contributed by atoms with van der Waals surface area (Å²) in [5, 5.41) is 14.2. The van der Waals surface area contributed by atoms with Crippen LogP contribution in [0.15, 0.2) is 84.2 Å². The second-order valence-corrected chi connectivity index (χ2v) is 8.85. The maximum atomic E-state index is 12.7. The molecule has 0 aliphatic heterocycles. The highest BCUT2D eigenvalue weighted by Gasteiger charge is 2.13. The largest absolute Gasteiger partial charge is 0.497 e. The van der Waals surface area contributed by atoms with Crippen LogP contribution in [0.25, 0.3) is 11.3 Å². The maximum absolute atomic E-state index is 12.7. The van der Waals surface area contributed by atoms with Gasteiger partial charge in [0.05, 0.1) is 19.9 Å². The van der Waals surface area contributed by atoms with E-state index in [1.165, 1.54) is 11.3 Å². The third-order valence-corrected chi connectivity index (χ3v) is 6.10. The number of hydrogen-bond acceptors (Lipinski definition) is 10. The number of ether oxygens (including phenoxy) is 2. The van der Waals surface area contributed by atoms with Gasteiger partial charge in [-0.05, 0) is 48.5 Å². The molecule has 4 N–H and O–H groups in total. The summed E-state index contributed by atoms with van der Waals surface area (Å²) in [7, 11) is 3.18. The van der Waals surface area contributed by atoms with Gasteiger partial charge in [-0.3, -0.25) is 10.6 Å². The minimum absolute atomic E-state index is 0.0364. The van der Waals surface area contributed by atoms with Crippen LogP contribution in [0.3, 0.4) is 0 Å². The molecule has 0 spiro atoms. The summed E-state index contributed by atoms with van der Waals surface area (Å²) in [6.45, 7) is 0. The van der Waals surface area contributed by atoms with Crippen LogP contribution in [0.4, 0.5) is 39.1 Å². The van der Waals surface area contributed by atoms with Crippen LogP contribution in [0, 0.1) is 0 Å². The molecule has 2 heterocycles. The summed E-state index contributed by atoms with van der Waals surface area (Å²) < 4.78 is 10.4. The molecular weight excluding hydrogens is 516 g/mol. The number of urea groups is 1. The van der Waals surface area contributed by atoms with Crippen molar-refractivity contribution in [3.63, 3.8) is 0 Å². The highest BCUT2D eigenvalue weighted by Crippen LogP contribution is 2.27. The molecule has 0 fully saturated rings. The predicted molar refractivity (Wildman–Crippen MR) is 153 cm³/mol. The fourth-order valence-corrected chi connectivity index (χ4v) is 4.17. The van der Waals surface area contributed by atoms with Gasteiger partial charge in [-0.25, -0.2) is 9.78 Å². The summed E-state index contributed by atoms with van der Waals surface area (Å²) in [5.74, 6) is 1.86. The van der Waals surface area contributed by atoms with E-state index in [-0.39, 0.29) is 17.8 Å². The molecule has 196 valence electrons. The number of methoxy groups -OCH3 is 2. The number of hydrogen-bond donors (Lipinski definition) is 4. The van der Waals surface area contributed by atoms with Crippen molar-refractivity contribution in [1.82, 2.24) is 19.9 Å². The molecule has 3 aromatic carbocycles. The zero-order chi connectivity index (χ0) is 27.0. The van der Waals surface area contributed by atoms with E-state index in [0.717, 1.165) is 16.9 Å². The number of amides is 2. The second kappa shape index (κ2) is 11.9. The lowest BCUT2D eigenvalue weighted by atomic mass is 10.2. The highest BCUT2D eigenvalue weighted by atomic mass is 32.1. The van der Waals surface area contributed by atoms with Crippen molar-refractivity contribution in [2.45, 2.75) is 0 Å². The quantitative estimate of drug-likeness (QED) is 0.174. The van der Waals surface area contributed by atoms with Crippen LogP contribution in [0.1, 0.15) is 0 Å². The van der Waals surface area contributed by atoms with Gasteiger partial charge in [-0.2, -0.15) is 15.0 Å². The normalized spacial score (nSPS) is 10.4. The third-order valence-electron chi connectivity index (χ3n) is 5.35. The van der Waals surface area contributed by atoms with Crippen molar-refractivity contribution in [3.8, 4) is 22.8 Å². The summed E-state index contributed by atoms with van der Waals surface area (Å²) >= 11 is 1.41. The molecule has 0 radical (unpaired) electrons.